The highest BCUT2D eigenvalue weighted by molar-refractivity contribution is 7.96. The summed E-state index contributed by atoms with van der Waals surface area (Å²) in [5.74, 6) is 0. The van der Waals surface area contributed by atoms with E-state index in [1.165, 1.54) is 6.07 Å². The third kappa shape index (κ3) is 17.2. The van der Waals surface area contributed by atoms with E-state index in [9.17, 15) is 48.9 Å². The van der Waals surface area contributed by atoms with Crippen molar-refractivity contribution in [1.82, 2.24) is 20.9 Å². The molecule has 0 unspecified atom stereocenters. The van der Waals surface area contributed by atoms with Gasteiger partial charge in [-0.15, -0.1) is 0 Å². The molecule has 0 aromatic carbocycles. The number of allylic oxidation sites excluding steroid dienone is 8. The molecule has 0 aromatic heterocycles. The molecule has 0 radical (unpaired) electrons. The van der Waals surface area contributed by atoms with Gasteiger partial charge in [-0.3, -0.25) is 4.90 Å². The maximum absolute atomic E-state index is 13.5. The zero-order chi connectivity index (χ0) is 55.2. The second kappa shape index (κ2) is 25.5. The van der Waals surface area contributed by atoms with Gasteiger partial charge in [-0.25, -0.2) is 44.6 Å². The molecule has 3 aliphatic rings. The summed E-state index contributed by atoms with van der Waals surface area (Å²) < 4.78 is 133. The smallest absolute Gasteiger partial charge is 0.395 e. The third-order valence-electron chi connectivity index (χ3n) is 11.8. The summed E-state index contributed by atoms with van der Waals surface area (Å²) in [6.07, 6.45) is 3.21. The Bertz CT molecular complexity index is 2800. The Morgan fingerprint density at radius 1 is 0.603 bits per heavy atom. The van der Waals surface area contributed by atoms with Gasteiger partial charge in [0.1, 0.15) is 12.1 Å². The molecule has 3 aliphatic carbocycles. The fourth-order valence-electron chi connectivity index (χ4n) is 8.71. The van der Waals surface area contributed by atoms with Gasteiger partial charge < -0.3 is 30.2 Å². The van der Waals surface area contributed by atoms with Crippen LogP contribution in [0.5, 0.6) is 0 Å². The fraction of sp³-hybridized carbons (Fsp3) is 0.625. The molecule has 73 heavy (non-hydrogen) atoms. The zero-order valence-corrected chi connectivity index (χ0v) is 44.8. The van der Waals surface area contributed by atoms with Gasteiger partial charge in [0.2, 0.25) is 0 Å². The molecular weight excluding hydrogens is 1010 g/mol. The Balaban J connectivity index is 1.71. The first-order valence-electron chi connectivity index (χ1n) is 22.9. The quantitative estimate of drug-likeness (QED) is 0.0520. The monoisotopic (exact) mass is 1080 g/mol. The molecule has 25 heteroatoms. The second-order valence-corrected chi connectivity index (χ2v) is 25.8. The lowest BCUT2D eigenvalue weighted by Crippen LogP contribution is -2.36. The van der Waals surface area contributed by atoms with Crippen molar-refractivity contribution in [1.29, 1.82) is 10.5 Å². The van der Waals surface area contributed by atoms with Crippen molar-refractivity contribution in [2.24, 2.45) is 16.2 Å². The van der Waals surface area contributed by atoms with Crippen molar-refractivity contribution < 1.29 is 52.6 Å². The van der Waals surface area contributed by atoms with Crippen LogP contribution in [0.2, 0.25) is 0 Å². The number of nitrogens with one attached hydrogen (secondary N) is 3. The minimum absolute atomic E-state index is 0.0707. The minimum atomic E-state index is -6.04. The topological polar surface area (TPSA) is 234 Å². The van der Waals surface area contributed by atoms with Crippen LogP contribution in [0.1, 0.15) is 80.1 Å². The largest absolute Gasteiger partial charge is 0.502 e. The van der Waals surface area contributed by atoms with Gasteiger partial charge in [0.05, 0.1) is 71.5 Å². The minimum Gasteiger partial charge on any atom is -0.395 e. The van der Waals surface area contributed by atoms with Crippen molar-refractivity contribution in [2.75, 3.05) is 91.4 Å². The first-order chi connectivity index (χ1) is 33.8. The summed E-state index contributed by atoms with van der Waals surface area (Å²) in [4.78, 5) is 14.2. The highest BCUT2D eigenvalue weighted by Gasteiger charge is 2.51. The number of rotatable bonds is 24. The summed E-state index contributed by atoms with van der Waals surface area (Å²) in [7, 11) is -13.8. The number of hydrogen-bond donors (Lipinski definition) is 3. The standard InChI is InChI=1S/C48H63F3N10O9S3/c1-45(2)25-33(40(32-53)73(66,67)48(49,50)51)36(31-52)37(28-45)58-13-19-68-22-16-61(17-23-69-20-14-59-38-29-46(3,4)26-34(41(38)54-7)43(56-9)71(11,62)63)18-24-70-21-15-60-39-30-47(5,6)27-35(42(39)55-8)44(57-10)72(12,64)65/h58-60H,13-30H2,1-6,11-12H3/b40-33+,43-34+,44-35+. The van der Waals surface area contributed by atoms with Gasteiger partial charge in [0.25, 0.3) is 19.9 Å². The molecule has 0 fully saturated rings. The molecule has 19 nitrogen and oxygen atoms in total. The average molecular weight is 1080 g/mol. The van der Waals surface area contributed by atoms with E-state index in [1.807, 2.05) is 32.6 Å². The molecular formula is C48H63F3N10O9S3. The van der Waals surface area contributed by atoms with Gasteiger partial charge in [-0.1, -0.05) is 41.5 Å². The van der Waals surface area contributed by atoms with Crippen LogP contribution in [-0.4, -0.2) is 127 Å². The van der Waals surface area contributed by atoms with Crippen LogP contribution in [-0.2, 0) is 43.7 Å². The molecule has 0 bridgehead atoms. The molecule has 0 heterocycles. The van der Waals surface area contributed by atoms with E-state index in [0.29, 0.717) is 43.9 Å². The Kier molecular flexibility index (Phi) is 21.5. The van der Waals surface area contributed by atoms with Gasteiger partial charge in [0.15, 0.2) is 36.0 Å². The van der Waals surface area contributed by atoms with E-state index in [4.69, 9.17) is 40.5 Å². The van der Waals surface area contributed by atoms with Crippen LogP contribution in [0.3, 0.4) is 0 Å². The van der Waals surface area contributed by atoms with Gasteiger partial charge >= 0.3 is 5.51 Å². The first-order valence-corrected chi connectivity index (χ1v) is 28.2. The normalized spacial score (nSPS) is 20.1. The van der Waals surface area contributed by atoms with Crippen LogP contribution < -0.4 is 16.0 Å². The summed E-state index contributed by atoms with van der Waals surface area (Å²) in [6, 6.07) is 2.97. The Hall–Kier alpha value is -5.74. The highest BCUT2D eigenvalue weighted by atomic mass is 32.2. The van der Waals surface area contributed by atoms with Crippen LogP contribution in [0.25, 0.3) is 19.4 Å². The molecule has 0 saturated heterocycles. The lowest BCUT2D eigenvalue weighted by Gasteiger charge is -2.34. The summed E-state index contributed by atoms with van der Waals surface area (Å²) in [5.41, 5.74) is -6.44. The van der Waals surface area contributed by atoms with Gasteiger partial charge in [-0.2, -0.15) is 23.7 Å². The van der Waals surface area contributed by atoms with Crippen molar-refractivity contribution >= 4 is 29.5 Å². The number of hydrogen-bond acceptors (Lipinski definition) is 15. The fourth-order valence-corrected chi connectivity index (χ4v) is 11.1. The van der Waals surface area contributed by atoms with Crippen LogP contribution >= 0.6 is 0 Å². The molecule has 0 atom stereocenters. The van der Waals surface area contributed by atoms with Crippen LogP contribution in [0.15, 0.2) is 65.7 Å². The molecule has 0 spiro atoms. The predicted molar refractivity (Wildman–Crippen MR) is 266 cm³/mol. The lowest BCUT2D eigenvalue weighted by molar-refractivity contribution is -0.0426. The van der Waals surface area contributed by atoms with E-state index in [1.54, 1.807) is 19.9 Å². The number of sulfone groups is 3. The number of ether oxygens (including phenoxy) is 3. The second-order valence-electron chi connectivity index (χ2n) is 20.1. The SMILES string of the molecule is [C-]#[N+]C1=C(NCCOCCN(CCOCCNC2=C([N+]#[C-])/C(=C(\[N+]#[C-])S(C)(=O)=O)CC(C)(C)C2)CCOCCNC2=C(C#N)/C(=C(\C#N)S(=O)(=O)C(F)(F)F)CC(C)(C)C2)CC(C)(C)C/C1=C(/[N+]#[C-])S(C)(=O)=O. The number of halogens is 3. The van der Waals surface area contributed by atoms with Crippen LogP contribution in [0.4, 0.5) is 13.2 Å². The molecule has 3 N–H and O–H groups in total. The van der Waals surface area contributed by atoms with Crippen LogP contribution in [0, 0.1) is 65.2 Å². The van der Waals surface area contributed by atoms with E-state index < -0.39 is 71.8 Å². The molecule has 0 aromatic rings. The lowest BCUT2D eigenvalue weighted by atomic mass is 9.74. The summed E-state index contributed by atoms with van der Waals surface area (Å²) in [6.45, 7) is 44.7. The maximum Gasteiger partial charge on any atom is 0.502 e. The van der Waals surface area contributed by atoms with Crippen molar-refractivity contribution in [3.63, 3.8) is 0 Å². The van der Waals surface area contributed by atoms with E-state index in [0.717, 1.165) is 12.5 Å². The van der Waals surface area contributed by atoms with E-state index in [2.05, 4.69) is 35.3 Å². The summed E-state index contributed by atoms with van der Waals surface area (Å²) >= 11 is 0. The zero-order valence-electron chi connectivity index (χ0n) is 42.4. The Labute approximate surface area is 428 Å². The molecule has 398 valence electrons. The molecule has 3 rings (SSSR count). The number of alkyl halides is 3. The molecule has 0 aliphatic heterocycles. The predicted octanol–water partition coefficient (Wildman–Crippen LogP) is 6.67. The van der Waals surface area contributed by atoms with Crippen molar-refractivity contribution in [3.8, 4) is 12.1 Å². The Morgan fingerprint density at radius 2 is 0.945 bits per heavy atom. The number of nitrogens with zero attached hydrogens (tertiary/aromatic N) is 7. The molecule has 0 saturated carbocycles. The average Bonchev–Trinajstić information content (AvgIpc) is 3.25. The highest BCUT2D eigenvalue weighted by Crippen LogP contribution is 2.46. The number of nitriles is 2. The first kappa shape index (κ1) is 61.6. The maximum atomic E-state index is 13.5. The van der Waals surface area contributed by atoms with Gasteiger partial charge in [-0.05, 0) is 65.9 Å². The molecule has 0 amide bonds. The van der Waals surface area contributed by atoms with Gasteiger partial charge in [0, 0.05) is 74.4 Å². The van der Waals surface area contributed by atoms with E-state index in [-0.39, 0.29) is 119 Å². The Morgan fingerprint density at radius 3 is 1.25 bits per heavy atom. The van der Waals surface area contributed by atoms with Crippen molar-refractivity contribution in [2.45, 2.75) is 85.6 Å². The van der Waals surface area contributed by atoms with Crippen molar-refractivity contribution in [3.05, 3.63) is 111 Å². The third-order valence-corrected chi connectivity index (χ3v) is 15.4. The van der Waals surface area contributed by atoms with E-state index >= 15 is 0 Å². The summed E-state index contributed by atoms with van der Waals surface area (Å²) in [5, 5.41) is 28.1.